The van der Waals surface area contributed by atoms with Crippen molar-refractivity contribution in [1.29, 1.82) is 0 Å². The van der Waals surface area contributed by atoms with Crippen LogP contribution in [0.2, 0.25) is 0 Å². The smallest absolute Gasteiger partial charge is 0.0765 e. The molecule has 19 heavy (non-hydrogen) atoms. The summed E-state index contributed by atoms with van der Waals surface area (Å²) < 4.78 is 6.97. The second-order valence-electron chi connectivity index (χ2n) is 5.39. The van der Waals surface area contributed by atoms with Gasteiger partial charge < -0.3 is 15.2 Å². The molecule has 2 atom stereocenters. The summed E-state index contributed by atoms with van der Waals surface area (Å²) in [6.45, 7) is 7.89. The molecule has 0 aliphatic rings. The van der Waals surface area contributed by atoms with Crippen molar-refractivity contribution < 1.29 is 9.84 Å². The topological polar surface area (TPSA) is 59.3 Å². The van der Waals surface area contributed by atoms with Crippen molar-refractivity contribution in [2.24, 2.45) is 0 Å². The molecule has 0 saturated carbocycles. The minimum Gasteiger partial charge on any atom is -0.389 e. The van der Waals surface area contributed by atoms with Crippen LogP contribution in [0.25, 0.3) is 0 Å². The van der Waals surface area contributed by atoms with Gasteiger partial charge in [-0.15, -0.1) is 0 Å². The molecule has 2 N–H and O–H groups in total. The molecule has 0 bridgehead atoms. The zero-order chi connectivity index (χ0) is 14.3. The first-order valence-corrected chi connectivity index (χ1v) is 6.94. The van der Waals surface area contributed by atoms with E-state index in [0.29, 0.717) is 32.2 Å². The van der Waals surface area contributed by atoms with E-state index in [4.69, 9.17) is 4.74 Å². The van der Waals surface area contributed by atoms with E-state index in [1.165, 1.54) is 0 Å². The second kappa shape index (κ2) is 7.62. The van der Waals surface area contributed by atoms with Gasteiger partial charge in [-0.2, -0.15) is 5.10 Å². The maximum absolute atomic E-state index is 10.1. The highest BCUT2D eigenvalue weighted by molar-refractivity contribution is 4.99. The van der Waals surface area contributed by atoms with Gasteiger partial charge in [0.1, 0.15) is 0 Å². The van der Waals surface area contributed by atoms with E-state index in [1.807, 2.05) is 23.9 Å². The maximum atomic E-state index is 10.1. The van der Waals surface area contributed by atoms with Gasteiger partial charge in [-0.05, 0) is 26.3 Å². The van der Waals surface area contributed by atoms with Crippen LogP contribution in [0.4, 0.5) is 0 Å². The zero-order valence-corrected chi connectivity index (χ0v) is 12.5. The fourth-order valence-electron chi connectivity index (χ4n) is 1.77. The highest BCUT2D eigenvalue weighted by Gasteiger charge is 2.19. The van der Waals surface area contributed by atoms with Crippen molar-refractivity contribution >= 4 is 0 Å². The third-order valence-electron chi connectivity index (χ3n) is 3.36. The molecule has 0 aromatic carbocycles. The number of rotatable bonds is 9. The number of aliphatic hydroxyl groups is 1. The van der Waals surface area contributed by atoms with Gasteiger partial charge in [0.25, 0.3) is 0 Å². The van der Waals surface area contributed by atoms with E-state index in [2.05, 4.69) is 24.3 Å². The molecule has 1 heterocycles. The SMILES string of the molecule is CCC(C)n1ccc(CNCC(C)(O)CCOC)n1. The predicted molar refractivity (Wildman–Crippen MR) is 76.1 cm³/mol. The fourth-order valence-corrected chi connectivity index (χ4v) is 1.77. The summed E-state index contributed by atoms with van der Waals surface area (Å²) in [5.41, 5.74) is 0.262. The molecule has 110 valence electrons. The first kappa shape index (κ1) is 16.1. The van der Waals surface area contributed by atoms with E-state index in [0.717, 1.165) is 12.1 Å². The molecule has 0 radical (unpaired) electrons. The normalized spacial score (nSPS) is 16.3. The van der Waals surface area contributed by atoms with Crippen molar-refractivity contribution in [2.75, 3.05) is 20.3 Å². The Bertz CT molecular complexity index is 363. The number of ether oxygens (including phenoxy) is 1. The predicted octanol–water partition coefficient (Wildman–Crippen LogP) is 1.73. The minimum absolute atomic E-state index is 0.429. The summed E-state index contributed by atoms with van der Waals surface area (Å²) in [5.74, 6) is 0. The molecule has 0 aliphatic heterocycles. The maximum Gasteiger partial charge on any atom is 0.0765 e. The standard InChI is InChI=1S/C14H27N3O2/c1-5-12(2)17-8-6-13(16-17)10-15-11-14(3,18)7-9-19-4/h6,8,12,15,18H,5,7,9-11H2,1-4H3. The molecule has 2 unspecified atom stereocenters. The second-order valence-corrected chi connectivity index (χ2v) is 5.39. The summed E-state index contributed by atoms with van der Waals surface area (Å²) in [5, 5.41) is 17.8. The van der Waals surface area contributed by atoms with Gasteiger partial charge in [-0.3, -0.25) is 4.68 Å². The van der Waals surface area contributed by atoms with Gasteiger partial charge in [-0.1, -0.05) is 6.92 Å². The van der Waals surface area contributed by atoms with E-state index in [9.17, 15) is 5.11 Å². The number of methoxy groups -OCH3 is 1. The van der Waals surface area contributed by atoms with Crippen LogP contribution < -0.4 is 5.32 Å². The Kier molecular flexibility index (Phi) is 6.48. The third-order valence-corrected chi connectivity index (χ3v) is 3.36. The molecule has 1 aromatic rings. The van der Waals surface area contributed by atoms with Gasteiger partial charge in [0, 0.05) is 45.5 Å². The lowest BCUT2D eigenvalue weighted by Crippen LogP contribution is -2.38. The van der Waals surface area contributed by atoms with Crippen molar-refractivity contribution in [3.05, 3.63) is 18.0 Å². The first-order valence-electron chi connectivity index (χ1n) is 6.94. The van der Waals surface area contributed by atoms with E-state index < -0.39 is 5.60 Å². The molecule has 1 rings (SSSR count). The lowest BCUT2D eigenvalue weighted by atomic mass is 10.0. The van der Waals surface area contributed by atoms with Gasteiger partial charge >= 0.3 is 0 Å². The summed E-state index contributed by atoms with van der Waals surface area (Å²) in [7, 11) is 1.64. The van der Waals surface area contributed by atoms with Crippen LogP contribution in [-0.2, 0) is 11.3 Å². The Morgan fingerprint density at radius 2 is 2.32 bits per heavy atom. The average Bonchev–Trinajstić information content (AvgIpc) is 2.84. The molecular weight excluding hydrogens is 242 g/mol. The Morgan fingerprint density at radius 1 is 1.58 bits per heavy atom. The van der Waals surface area contributed by atoms with Crippen molar-refractivity contribution in [3.63, 3.8) is 0 Å². The average molecular weight is 269 g/mol. The van der Waals surface area contributed by atoms with Crippen LogP contribution >= 0.6 is 0 Å². The van der Waals surface area contributed by atoms with Crippen molar-refractivity contribution in [1.82, 2.24) is 15.1 Å². The monoisotopic (exact) mass is 269 g/mol. The summed E-state index contributed by atoms with van der Waals surface area (Å²) >= 11 is 0. The van der Waals surface area contributed by atoms with Crippen LogP contribution in [-0.4, -0.2) is 40.7 Å². The lowest BCUT2D eigenvalue weighted by molar-refractivity contribution is 0.0247. The molecule has 5 heteroatoms. The Balaban J connectivity index is 2.34. The van der Waals surface area contributed by atoms with Gasteiger partial charge in [0.05, 0.1) is 11.3 Å². The third kappa shape index (κ3) is 5.72. The van der Waals surface area contributed by atoms with Crippen LogP contribution in [0.1, 0.15) is 45.3 Å². The van der Waals surface area contributed by atoms with Crippen LogP contribution in [0.15, 0.2) is 12.3 Å². The molecule has 0 spiro atoms. The molecule has 0 aliphatic carbocycles. The molecule has 0 saturated heterocycles. The highest BCUT2D eigenvalue weighted by Crippen LogP contribution is 2.10. The van der Waals surface area contributed by atoms with E-state index in [-0.39, 0.29) is 0 Å². The fraction of sp³-hybridized carbons (Fsp3) is 0.786. The quantitative estimate of drug-likeness (QED) is 0.717. The molecule has 5 nitrogen and oxygen atoms in total. The Morgan fingerprint density at radius 3 is 2.95 bits per heavy atom. The number of hydrogen-bond donors (Lipinski definition) is 2. The molecule has 0 amide bonds. The van der Waals surface area contributed by atoms with Gasteiger partial charge in [-0.25, -0.2) is 0 Å². The molecule has 1 aromatic heterocycles. The Labute approximate surface area is 116 Å². The zero-order valence-electron chi connectivity index (χ0n) is 12.5. The number of hydrogen-bond acceptors (Lipinski definition) is 4. The van der Waals surface area contributed by atoms with Crippen LogP contribution in [0.3, 0.4) is 0 Å². The van der Waals surface area contributed by atoms with Crippen molar-refractivity contribution in [3.8, 4) is 0 Å². The minimum atomic E-state index is -0.741. The lowest BCUT2D eigenvalue weighted by Gasteiger charge is -2.23. The molecule has 0 fully saturated rings. The van der Waals surface area contributed by atoms with Crippen LogP contribution in [0, 0.1) is 0 Å². The van der Waals surface area contributed by atoms with Gasteiger partial charge in [0.2, 0.25) is 0 Å². The number of aromatic nitrogens is 2. The highest BCUT2D eigenvalue weighted by atomic mass is 16.5. The van der Waals surface area contributed by atoms with Crippen LogP contribution in [0.5, 0.6) is 0 Å². The summed E-state index contributed by atoms with van der Waals surface area (Å²) in [6, 6.07) is 2.45. The Hall–Kier alpha value is -0.910. The first-order chi connectivity index (χ1) is 8.98. The number of nitrogens with one attached hydrogen (secondary N) is 1. The summed E-state index contributed by atoms with van der Waals surface area (Å²) in [4.78, 5) is 0. The number of nitrogens with zero attached hydrogens (tertiary/aromatic N) is 2. The van der Waals surface area contributed by atoms with E-state index >= 15 is 0 Å². The van der Waals surface area contributed by atoms with Gasteiger partial charge in [0.15, 0.2) is 0 Å². The largest absolute Gasteiger partial charge is 0.389 e. The van der Waals surface area contributed by atoms with Crippen molar-refractivity contribution in [2.45, 2.75) is 51.8 Å². The summed E-state index contributed by atoms with van der Waals surface area (Å²) in [6.07, 6.45) is 3.70. The molecular formula is C14H27N3O2. The van der Waals surface area contributed by atoms with E-state index in [1.54, 1.807) is 7.11 Å².